The number of pyridine rings is 1. The van der Waals surface area contributed by atoms with Crippen molar-refractivity contribution in [2.24, 2.45) is 5.92 Å². The maximum Gasteiger partial charge on any atom is 0.308 e. The van der Waals surface area contributed by atoms with Crippen LogP contribution in [0.25, 0.3) is 10.9 Å². The Morgan fingerprint density at radius 1 is 1.25 bits per heavy atom. The van der Waals surface area contributed by atoms with Gasteiger partial charge in [-0.2, -0.15) is 0 Å². The molecule has 0 N–H and O–H groups in total. The Bertz CT molecular complexity index is 664. The van der Waals surface area contributed by atoms with Crippen LogP contribution in [-0.4, -0.2) is 23.8 Å². The molecule has 0 aliphatic carbocycles. The van der Waals surface area contributed by atoms with E-state index in [1.807, 2.05) is 31.2 Å². The fraction of sp³-hybridized carbons (Fsp3) is 0.312. The van der Waals surface area contributed by atoms with E-state index in [1.165, 1.54) is 7.11 Å². The van der Waals surface area contributed by atoms with Gasteiger partial charge in [-0.15, -0.1) is 0 Å². The predicted octanol–water partition coefficient (Wildman–Crippen LogP) is 2.93. The van der Waals surface area contributed by atoms with Crippen molar-refractivity contribution in [2.75, 3.05) is 7.11 Å². The van der Waals surface area contributed by atoms with Gasteiger partial charge in [0, 0.05) is 23.1 Å². The third kappa shape index (κ3) is 3.02. The van der Waals surface area contributed by atoms with Crippen LogP contribution >= 0.6 is 0 Å². The van der Waals surface area contributed by atoms with Gasteiger partial charge in [-0.05, 0) is 31.2 Å². The summed E-state index contributed by atoms with van der Waals surface area (Å²) in [5.41, 5.74) is 2.40. The van der Waals surface area contributed by atoms with E-state index in [2.05, 4.69) is 9.72 Å². The molecule has 1 unspecified atom stereocenters. The van der Waals surface area contributed by atoms with Crippen LogP contribution < -0.4 is 0 Å². The number of ether oxygens (including phenoxy) is 1. The molecule has 1 heterocycles. The molecule has 0 aliphatic rings. The van der Waals surface area contributed by atoms with E-state index in [4.69, 9.17) is 0 Å². The molecular weight excluding hydrogens is 254 g/mol. The lowest BCUT2D eigenvalue weighted by molar-refractivity contribution is -0.144. The van der Waals surface area contributed by atoms with E-state index in [-0.39, 0.29) is 18.2 Å². The van der Waals surface area contributed by atoms with Crippen molar-refractivity contribution in [3.63, 3.8) is 0 Å². The molecule has 4 heteroatoms. The highest BCUT2D eigenvalue weighted by molar-refractivity contribution is 6.00. The Hall–Kier alpha value is -2.23. The molecule has 0 radical (unpaired) electrons. The molecule has 0 bridgehead atoms. The molecule has 0 saturated carbocycles. The topological polar surface area (TPSA) is 56.3 Å². The number of carbonyl (C=O) groups excluding carboxylic acids is 2. The highest BCUT2D eigenvalue weighted by Gasteiger charge is 2.18. The highest BCUT2D eigenvalue weighted by atomic mass is 16.5. The fourth-order valence-electron chi connectivity index (χ4n) is 2.08. The molecule has 0 aliphatic heterocycles. The van der Waals surface area contributed by atoms with Gasteiger partial charge in [-0.1, -0.05) is 13.0 Å². The number of hydrogen-bond donors (Lipinski definition) is 0. The predicted molar refractivity (Wildman–Crippen MR) is 76.6 cm³/mol. The first-order valence-electron chi connectivity index (χ1n) is 6.49. The maximum absolute atomic E-state index is 12.2. The van der Waals surface area contributed by atoms with E-state index >= 15 is 0 Å². The second-order valence-electron chi connectivity index (χ2n) is 4.91. The molecule has 2 rings (SSSR count). The van der Waals surface area contributed by atoms with Crippen molar-refractivity contribution in [3.8, 4) is 0 Å². The van der Waals surface area contributed by atoms with E-state index in [0.717, 1.165) is 16.6 Å². The summed E-state index contributed by atoms with van der Waals surface area (Å²) in [7, 11) is 1.33. The zero-order valence-electron chi connectivity index (χ0n) is 11.8. The third-order valence-electron chi connectivity index (χ3n) is 3.25. The van der Waals surface area contributed by atoms with Gasteiger partial charge in [-0.3, -0.25) is 14.6 Å². The average molecular weight is 271 g/mol. The van der Waals surface area contributed by atoms with Crippen LogP contribution in [0, 0.1) is 12.8 Å². The number of rotatable bonds is 4. The van der Waals surface area contributed by atoms with E-state index in [0.29, 0.717) is 5.56 Å². The Balaban J connectivity index is 2.22. The SMILES string of the molecule is COC(=O)C(C)CC(=O)c1ccc2nc(C)ccc2c1. The van der Waals surface area contributed by atoms with Gasteiger partial charge in [0.15, 0.2) is 5.78 Å². The summed E-state index contributed by atoms with van der Waals surface area (Å²) >= 11 is 0. The van der Waals surface area contributed by atoms with Gasteiger partial charge in [0.1, 0.15) is 0 Å². The number of fused-ring (bicyclic) bond motifs is 1. The molecule has 0 saturated heterocycles. The summed E-state index contributed by atoms with van der Waals surface area (Å²) in [5.74, 6) is -0.860. The molecule has 20 heavy (non-hydrogen) atoms. The van der Waals surface area contributed by atoms with Crippen molar-refractivity contribution in [1.82, 2.24) is 4.98 Å². The second kappa shape index (κ2) is 5.82. The van der Waals surface area contributed by atoms with Crippen molar-refractivity contribution in [2.45, 2.75) is 20.3 Å². The second-order valence-corrected chi connectivity index (χ2v) is 4.91. The number of Topliss-reactive ketones (excluding diaryl/α,β-unsaturated/α-hetero) is 1. The molecule has 1 aromatic carbocycles. The zero-order valence-corrected chi connectivity index (χ0v) is 11.8. The summed E-state index contributed by atoms with van der Waals surface area (Å²) in [6, 6.07) is 9.25. The standard InChI is InChI=1S/C16H17NO3/c1-10(16(19)20-3)8-15(18)13-6-7-14-12(9-13)5-4-11(2)17-14/h4-7,9-10H,8H2,1-3H3. The maximum atomic E-state index is 12.2. The Morgan fingerprint density at radius 3 is 2.70 bits per heavy atom. The molecular formula is C16H17NO3. The van der Waals surface area contributed by atoms with Crippen LogP contribution in [0.3, 0.4) is 0 Å². The molecule has 1 atom stereocenters. The Labute approximate surface area is 117 Å². The Kier molecular flexibility index (Phi) is 4.13. The number of carbonyl (C=O) groups is 2. The number of ketones is 1. The van der Waals surface area contributed by atoms with Crippen LogP contribution in [0.4, 0.5) is 0 Å². The number of nitrogens with zero attached hydrogens (tertiary/aromatic N) is 1. The molecule has 0 spiro atoms. The lowest BCUT2D eigenvalue weighted by atomic mass is 9.98. The van der Waals surface area contributed by atoms with Crippen molar-refractivity contribution in [1.29, 1.82) is 0 Å². The highest BCUT2D eigenvalue weighted by Crippen LogP contribution is 2.17. The quantitative estimate of drug-likeness (QED) is 0.633. The monoisotopic (exact) mass is 271 g/mol. The molecule has 0 amide bonds. The van der Waals surface area contributed by atoms with Gasteiger partial charge >= 0.3 is 5.97 Å². The first kappa shape index (κ1) is 14.2. The average Bonchev–Trinajstić information content (AvgIpc) is 2.45. The summed E-state index contributed by atoms with van der Waals surface area (Å²) in [6.45, 7) is 3.62. The van der Waals surface area contributed by atoms with Crippen molar-refractivity contribution in [3.05, 3.63) is 41.6 Å². The molecule has 2 aromatic rings. The fourth-order valence-corrected chi connectivity index (χ4v) is 2.08. The van der Waals surface area contributed by atoms with Gasteiger partial charge in [0.25, 0.3) is 0 Å². The van der Waals surface area contributed by atoms with Crippen LogP contribution in [0.2, 0.25) is 0 Å². The smallest absolute Gasteiger partial charge is 0.308 e. The van der Waals surface area contributed by atoms with E-state index < -0.39 is 5.92 Å². The number of hydrogen-bond acceptors (Lipinski definition) is 4. The summed E-state index contributed by atoms with van der Waals surface area (Å²) in [5, 5.41) is 0.923. The van der Waals surface area contributed by atoms with E-state index in [1.54, 1.807) is 13.0 Å². The minimum absolute atomic E-state index is 0.0645. The molecule has 1 aromatic heterocycles. The Morgan fingerprint density at radius 2 is 2.00 bits per heavy atom. The van der Waals surface area contributed by atoms with E-state index in [9.17, 15) is 9.59 Å². The zero-order chi connectivity index (χ0) is 14.7. The largest absolute Gasteiger partial charge is 0.469 e. The van der Waals surface area contributed by atoms with Crippen molar-refractivity contribution < 1.29 is 14.3 Å². The van der Waals surface area contributed by atoms with Gasteiger partial charge in [0.05, 0.1) is 18.5 Å². The summed E-state index contributed by atoms with van der Waals surface area (Å²) < 4.78 is 4.63. The van der Waals surface area contributed by atoms with Crippen LogP contribution in [0.5, 0.6) is 0 Å². The summed E-state index contributed by atoms with van der Waals surface area (Å²) in [4.78, 5) is 27.9. The lowest BCUT2D eigenvalue weighted by Crippen LogP contribution is -2.16. The first-order valence-corrected chi connectivity index (χ1v) is 6.49. The molecule has 104 valence electrons. The molecule has 0 fully saturated rings. The number of benzene rings is 1. The third-order valence-corrected chi connectivity index (χ3v) is 3.25. The number of aryl methyl sites for hydroxylation is 1. The lowest BCUT2D eigenvalue weighted by Gasteiger charge is -2.08. The number of methoxy groups -OCH3 is 1. The van der Waals surface area contributed by atoms with Crippen LogP contribution in [-0.2, 0) is 9.53 Å². The number of esters is 1. The summed E-state index contributed by atoms with van der Waals surface area (Å²) in [6.07, 6.45) is 0.150. The first-order chi connectivity index (χ1) is 9.51. The van der Waals surface area contributed by atoms with Gasteiger partial charge in [0.2, 0.25) is 0 Å². The number of aromatic nitrogens is 1. The minimum atomic E-state index is -0.431. The van der Waals surface area contributed by atoms with Crippen LogP contribution in [0.1, 0.15) is 29.4 Å². The van der Waals surface area contributed by atoms with Crippen LogP contribution in [0.15, 0.2) is 30.3 Å². The van der Waals surface area contributed by atoms with Crippen molar-refractivity contribution >= 4 is 22.7 Å². The normalized spacial score (nSPS) is 12.2. The minimum Gasteiger partial charge on any atom is -0.469 e. The van der Waals surface area contributed by atoms with Gasteiger partial charge < -0.3 is 4.74 Å². The molecule has 4 nitrogen and oxygen atoms in total. The van der Waals surface area contributed by atoms with Gasteiger partial charge in [-0.25, -0.2) is 0 Å².